The van der Waals surface area contributed by atoms with Crippen molar-refractivity contribution >= 4 is 20.2 Å². The molecule has 0 aromatic rings. The van der Waals surface area contributed by atoms with Gasteiger partial charge in [0.05, 0.1) is 0 Å². The number of rotatable bonds is 3. The van der Waals surface area contributed by atoms with Crippen LogP contribution >= 0.6 is 0 Å². The van der Waals surface area contributed by atoms with E-state index in [0.717, 1.165) is 3.93 Å². The maximum atomic E-state index is 10.1. The van der Waals surface area contributed by atoms with Crippen molar-refractivity contribution in [2.45, 2.75) is 10.9 Å². The van der Waals surface area contributed by atoms with Gasteiger partial charge in [0.1, 0.15) is 0 Å². The van der Waals surface area contributed by atoms with E-state index < -0.39 is 34.1 Å². The van der Waals surface area contributed by atoms with E-state index in [0.29, 0.717) is 0 Å². The number of hydrogen-bond donors (Lipinski definition) is 1. The average molecular weight is 343 g/mol. The van der Waals surface area contributed by atoms with Gasteiger partial charge in [0.2, 0.25) is 0 Å². The minimum atomic E-state index is -3.25. The molecule has 6 heteroatoms. The molecule has 0 bridgehead atoms. The molecule has 0 aromatic heterocycles. The first-order valence-electron chi connectivity index (χ1n) is 2.18. The Labute approximate surface area is 66.6 Å². The molecular formula is C2H6HgO3S2. The molecule has 1 unspecified atom stereocenters. The van der Waals surface area contributed by atoms with Gasteiger partial charge in [0.25, 0.3) is 0 Å². The van der Waals surface area contributed by atoms with Gasteiger partial charge < -0.3 is 0 Å². The van der Waals surface area contributed by atoms with E-state index in [-0.39, 0.29) is 0 Å². The Morgan fingerprint density at radius 1 is 2.00 bits per heavy atom. The third-order valence-corrected chi connectivity index (χ3v) is 10.4. The van der Waals surface area contributed by atoms with Crippen LogP contribution < -0.4 is 0 Å². The molecule has 0 radical (unpaired) electrons. The SMILES string of the molecule is C[CH2][Hg][O]S(=O)(O)=S. The Bertz CT molecular complexity index is 139. The summed E-state index contributed by atoms with van der Waals surface area (Å²) in [5, 5.41) is 0. The summed E-state index contributed by atoms with van der Waals surface area (Å²) in [7, 11) is -3.25. The van der Waals surface area contributed by atoms with E-state index >= 15 is 0 Å². The van der Waals surface area contributed by atoms with Crippen LogP contribution in [0.2, 0.25) is 3.93 Å². The topological polar surface area (TPSA) is 46.5 Å². The summed E-state index contributed by atoms with van der Waals surface area (Å²) in [4.78, 5) is 0. The van der Waals surface area contributed by atoms with Crippen molar-refractivity contribution in [2.75, 3.05) is 0 Å². The van der Waals surface area contributed by atoms with Crippen LogP contribution in [-0.2, 0) is 47.4 Å². The van der Waals surface area contributed by atoms with Gasteiger partial charge in [-0.3, -0.25) is 0 Å². The first-order chi connectivity index (χ1) is 3.56. The van der Waals surface area contributed by atoms with Crippen LogP contribution in [-0.4, -0.2) is 8.76 Å². The molecule has 8 heavy (non-hydrogen) atoms. The van der Waals surface area contributed by atoms with Crippen LogP contribution in [0.5, 0.6) is 0 Å². The molecule has 0 rings (SSSR count). The zero-order chi connectivity index (χ0) is 6.62. The zero-order valence-electron chi connectivity index (χ0n) is 4.49. The van der Waals surface area contributed by atoms with Crippen LogP contribution in [0, 0.1) is 0 Å². The predicted molar refractivity (Wildman–Crippen MR) is 29.7 cm³/mol. The third kappa shape index (κ3) is 7.23. The van der Waals surface area contributed by atoms with Crippen molar-refractivity contribution in [2.24, 2.45) is 0 Å². The minimum absolute atomic E-state index is 0.925. The van der Waals surface area contributed by atoms with Crippen molar-refractivity contribution in [3.63, 3.8) is 0 Å². The standard InChI is InChI=1S/C2H5.Hg.H2O3S2/c1-2;;1-5(2,3)4/h1H2,2H3;;(H2,1,2,3,4)/q;+1;/p-1. The molecule has 0 aliphatic heterocycles. The molecule has 0 aliphatic carbocycles. The van der Waals surface area contributed by atoms with Gasteiger partial charge in [-0.1, -0.05) is 0 Å². The maximum absolute atomic E-state index is 10.1. The summed E-state index contributed by atoms with van der Waals surface area (Å²) < 4.78 is 23.9. The molecule has 0 spiro atoms. The molecule has 1 N–H and O–H groups in total. The normalized spacial score (nSPS) is 16.8. The van der Waals surface area contributed by atoms with E-state index in [1.165, 1.54) is 0 Å². The Hall–Kier alpha value is 1.23. The molecule has 0 amide bonds. The second kappa shape index (κ2) is 4.11. The summed E-state index contributed by atoms with van der Waals surface area (Å²) in [6.07, 6.45) is 0. The van der Waals surface area contributed by atoms with Crippen molar-refractivity contribution in [1.82, 2.24) is 0 Å². The molecule has 0 saturated carbocycles. The molecule has 0 aromatic carbocycles. The summed E-state index contributed by atoms with van der Waals surface area (Å²) in [5.41, 5.74) is 0. The first kappa shape index (κ1) is 9.23. The molecule has 1 atom stereocenters. The van der Waals surface area contributed by atoms with E-state index in [4.69, 9.17) is 4.55 Å². The monoisotopic (exact) mass is 344 g/mol. The molecular weight excluding hydrogens is 337 g/mol. The summed E-state index contributed by atoms with van der Waals surface area (Å²) in [6.45, 7) is 1.93. The third-order valence-electron chi connectivity index (χ3n) is 0.436. The van der Waals surface area contributed by atoms with Crippen molar-refractivity contribution in [3.8, 4) is 0 Å². The fourth-order valence-electron chi connectivity index (χ4n) is 0.189. The van der Waals surface area contributed by atoms with Gasteiger partial charge in [-0.2, -0.15) is 0 Å². The number of hydrogen-bond acceptors (Lipinski definition) is 3. The Kier molecular flexibility index (Phi) is 4.74. The summed E-state index contributed by atoms with van der Waals surface area (Å²) >= 11 is 2.62. The van der Waals surface area contributed by atoms with Crippen molar-refractivity contribution < 1.29 is 35.9 Å². The average Bonchev–Trinajstić information content (AvgIpc) is 1.59. The Balaban J connectivity index is 3.42. The zero-order valence-corrected chi connectivity index (χ0v) is 11.6. The van der Waals surface area contributed by atoms with Gasteiger partial charge in [-0.15, -0.1) is 0 Å². The molecule has 0 saturated heterocycles. The van der Waals surface area contributed by atoms with Crippen LogP contribution in [0.15, 0.2) is 0 Å². The molecule has 46 valence electrons. The molecule has 0 aliphatic rings. The van der Waals surface area contributed by atoms with Crippen LogP contribution in [0.3, 0.4) is 0 Å². The van der Waals surface area contributed by atoms with E-state index in [1.807, 2.05) is 6.92 Å². The fourth-order valence-corrected chi connectivity index (χ4v) is 6.76. The van der Waals surface area contributed by atoms with Crippen LogP contribution in [0.1, 0.15) is 6.92 Å². The first-order valence-corrected chi connectivity index (χ1v) is 10.7. The van der Waals surface area contributed by atoms with Gasteiger partial charge in [-0.05, 0) is 0 Å². The van der Waals surface area contributed by atoms with E-state index in [1.54, 1.807) is 0 Å². The summed E-state index contributed by atoms with van der Waals surface area (Å²) in [5.74, 6) is 0. The molecule has 3 nitrogen and oxygen atoms in total. The Morgan fingerprint density at radius 3 is 2.62 bits per heavy atom. The van der Waals surface area contributed by atoms with Gasteiger partial charge >= 0.3 is 67.0 Å². The predicted octanol–water partition coefficient (Wildman–Crippen LogP) is 0.573. The Morgan fingerprint density at radius 2 is 2.50 bits per heavy atom. The quantitative estimate of drug-likeness (QED) is 0.762. The van der Waals surface area contributed by atoms with Gasteiger partial charge in [0, 0.05) is 0 Å². The summed E-state index contributed by atoms with van der Waals surface area (Å²) in [6, 6.07) is 0. The molecule has 0 fully saturated rings. The van der Waals surface area contributed by atoms with Crippen LogP contribution in [0.25, 0.3) is 0 Å². The van der Waals surface area contributed by atoms with Crippen molar-refractivity contribution in [3.05, 3.63) is 0 Å². The van der Waals surface area contributed by atoms with Gasteiger partial charge in [0.15, 0.2) is 0 Å². The second-order valence-electron chi connectivity index (χ2n) is 1.25. The van der Waals surface area contributed by atoms with Gasteiger partial charge in [-0.25, -0.2) is 0 Å². The van der Waals surface area contributed by atoms with E-state index in [2.05, 4.69) is 13.3 Å². The molecule has 0 heterocycles. The second-order valence-corrected chi connectivity index (χ2v) is 11.8. The van der Waals surface area contributed by atoms with Crippen LogP contribution in [0.4, 0.5) is 0 Å². The van der Waals surface area contributed by atoms with Crippen molar-refractivity contribution in [1.29, 1.82) is 0 Å². The fraction of sp³-hybridized carbons (Fsp3) is 1.00. The van der Waals surface area contributed by atoms with E-state index in [9.17, 15) is 4.21 Å².